The fourth-order valence-electron chi connectivity index (χ4n) is 4.04. The number of rotatable bonds is 6. The Balaban J connectivity index is 1.40. The standard InChI is InChI=1S/C25H23N3O2S2/c1-27-15-24(19-6-3-4-7-21(19)27)32-16-25(29)28-22(17-9-11-18(30-2)12-10-17)14-20(26-28)23-8-5-13-31-23/h3-13,15,22H,14,16H2,1-2H3/t22-/m1/s1. The average Bonchev–Trinajstić information content (AvgIpc) is 3.57. The van der Waals surface area contributed by atoms with Gasteiger partial charge < -0.3 is 9.30 Å². The number of carbonyl (C=O) groups is 1. The second kappa shape index (κ2) is 8.84. The fraction of sp³-hybridized carbons (Fsp3) is 0.200. The number of hydrogen-bond donors (Lipinski definition) is 0. The summed E-state index contributed by atoms with van der Waals surface area (Å²) in [6.07, 6.45) is 2.80. The van der Waals surface area contributed by atoms with E-state index in [9.17, 15) is 4.79 Å². The van der Waals surface area contributed by atoms with Crippen LogP contribution in [0.1, 0.15) is 22.9 Å². The first kappa shape index (κ1) is 20.8. The molecule has 0 saturated heterocycles. The maximum Gasteiger partial charge on any atom is 0.253 e. The topological polar surface area (TPSA) is 46.8 Å². The molecule has 7 heteroatoms. The van der Waals surface area contributed by atoms with Crippen molar-refractivity contribution in [2.45, 2.75) is 17.4 Å². The number of nitrogens with zero attached hydrogens (tertiary/aromatic N) is 3. The minimum Gasteiger partial charge on any atom is -0.497 e. The number of aryl methyl sites for hydroxylation is 1. The van der Waals surface area contributed by atoms with E-state index < -0.39 is 0 Å². The molecule has 1 atom stereocenters. The number of carbonyl (C=O) groups excluding carboxylic acids is 1. The lowest BCUT2D eigenvalue weighted by Crippen LogP contribution is -2.28. The third kappa shape index (κ3) is 3.94. The van der Waals surface area contributed by atoms with Gasteiger partial charge >= 0.3 is 0 Å². The molecule has 1 aliphatic rings. The van der Waals surface area contributed by atoms with Gasteiger partial charge in [0.1, 0.15) is 5.75 Å². The Morgan fingerprint density at radius 1 is 1.16 bits per heavy atom. The monoisotopic (exact) mass is 461 g/mol. The number of thioether (sulfide) groups is 1. The number of benzene rings is 2. The van der Waals surface area contributed by atoms with Crippen molar-refractivity contribution in [3.63, 3.8) is 0 Å². The van der Waals surface area contributed by atoms with E-state index in [-0.39, 0.29) is 11.9 Å². The summed E-state index contributed by atoms with van der Waals surface area (Å²) in [5.41, 5.74) is 3.19. The van der Waals surface area contributed by atoms with E-state index in [1.54, 1.807) is 35.2 Å². The molecule has 1 amide bonds. The molecular weight excluding hydrogens is 438 g/mol. The van der Waals surface area contributed by atoms with Crippen LogP contribution in [0.2, 0.25) is 0 Å². The molecule has 1 aliphatic heterocycles. The summed E-state index contributed by atoms with van der Waals surface area (Å²) in [6.45, 7) is 0. The van der Waals surface area contributed by atoms with Crippen LogP contribution in [-0.2, 0) is 11.8 Å². The summed E-state index contributed by atoms with van der Waals surface area (Å²) in [6, 6.07) is 20.2. The first-order valence-corrected chi connectivity index (χ1v) is 12.2. The summed E-state index contributed by atoms with van der Waals surface area (Å²) in [4.78, 5) is 15.6. The van der Waals surface area contributed by atoms with E-state index in [4.69, 9.17) is 9.84 Å². The van der Waals surface area contributed by atoms with Gasteiger partial charge in [0, 0.05) is 35.5 Å². The van der Waals surface area contributed by atoms with Gasteiger partial charge in [0.15, 0.2) is 0 Å². The number of methoxy groups -OCH3 is 1. The van der Waals surface area contributed by atoms with Gasteiger partial charge in [0.05, 0.1) is 29.5 Å². The van der Waals surface area contributed by atoms with Crippen LogP contribution in [0.5, 0.6) is 5.75 Å². The zero-order chi connectivity index (χ0) is 22.1. The molecule has 162 valence electrons. The van der Waals surface area contributed by atoms with Gasteiger partial charge in [-0.15, -0.1) is 23.1 Å². The lowest BCUT2D eigenvalue weighted by atomic mass is 10.0. The van der Waals surface area contributed by atoms with Gasteiger partial charge in [0.25, 0.3) is 5.91 Å². The molecule has 0 N–H and O–H groups in total. The molecule has 4 aromatic rings. The average molecular weight is 462 g/mol. The van der Waals surface area contributed by atoms with E-state index >= 15 is 0 Å². The van der Waals surface area contributed by atoms with Crippen LogP contribution in [0.4, 0.5) is 0 Å². The highest BCUT2D eigenvalue weighted by molar-refractivity contribution is 8.00. The van der Waals surface area contributed by atoms with Crippen molar-refractivity contribution in [2.24, 2.45) is 12.1 Å². The number of amides is 1. The summed E-state index contributed by atoms with van der Waals surface area (Å²) in [5.74, 6) is 1.15. The van der Waals surface area contributed by atoms with Crippen LogP contribution in [0.3, 0.4) is 0 Å². The van der Waals surface area contributed by atoms with Crippen LogP contribution in [-0.4, -0.2) is 34.1 Å². The zero-order valence-corrected chi connectivity index (χ0v) is 19.5. The minimum atomic E-state index is -0.112. The summed E-state index contributed by atoms with van der Waals surface area (Å²) >= 11 is 3.22. The van der Waals surface area contributed by atoms with E-state index in [0.717, 1.165) is 32.3 Å². The largest absolute Gasteiger partial charge is 0.497 e. The molecule has 0 saturated carbocycles. The van der Waals surface area contributed by atoms with Gasteiger partial charge in [-0.1, -0.05) is 36.4 Å². The van der Waals surface area contributed by atoms with Crippen molar-refractivity contribution in [2.75, 3.05) is 12.9 Å². The van der Waals surface area contributed by atoms with E-state index in [0.29, 0.717) is 12.2 Å². The fourth-order valence-corrected chi connectivity index (χ4v) is 5.74. The molecule has 3 heterocycles. The molecular formula is C25H23N3O2S2. The molecule has 5 rings (SSSR count). The molecule has 0 bridgehead atoms. The minimum absolute atomic E-state index is 0.00954. The van der Waals surface area contributed by atoms with Gasteiger partial charge in [-0.3, -0.25) is 4.79 Å². The van der Waals surface area contributed by atoms with Gasteiger partial charge in [-0.05, 0) is 35.2 Å². The maximum atomic E-state index is 13.4. The van der Waals surface area contributed by atoms with Crippen LogP contribution in [0.25, 0.3) is 10.9 Å². The smallest absolute Gasteiger partial charge is 0.253 e. The summed E-state index contributed by atoms with van der Waals surface area (Å²) < 4.78 is 7.40. The highest BCUT2D eigenvalue weighted by Gasteiger charge is 2.33. The van der Waals surface area contributed by atoms with Crippen molar-refractivity contribution in [1.82, 2.24) is 9.58 Å². The molecule has 2 aromatic heterocycles. The number of thiophene rings is 1. The van der Waals surface area contributed by atoms with Crippen LogP contribution in [0.15, 0.2) is 82.2 Å². The number of fused-ring (bicyclic) bond motifs is 1. The third-order valence-electron chi connectivity index (χ3n) is 5.68. The highest BCUT2D eigenvalue weighted by Crippen LogP contribution is 2.36. The summed E-state index contributed by atoms with van der Waals surface area (Å²) in [5, 5.41) is 9.66. The molecule has 0 spiro atoms. The van der Waals surface area contributed by atoms with Crippen molar-refractivity contribution >= 4 is 45.6 Å². The predicted molar refractivity (Wildman–Crippen MR) is 132 cm³/mol. The number of hydrogen-bond acceptors (Lipinski definition) is 5. The molecule has 0 aliphatic carbocycles. The molecule has 2 aromatic carbocycles. The Bertz CT molecular complexity index is 1280. The van der Waals surface area contributed by atoms with E-state index in [1.165, 1.54) is 5.39 Å². The number of para-hydroxylation sites is 1. The number of aromatic nitrogens is 1. The molecule has 5 nitrogen and oxygen atoms in total. The molecule has 0 unspecified atom stereocenters. The Morgan fingerprint density at radius 2 is 1.97 bits per heavy atom. The highest BCUT2D eigenvalue weighted by atomic mass is 32.2. The third-order valence-corrected chi connectivity index (χ3v) is 7.63. The van der Waals surface area contributed by atoms with Crippen molar-refractivity contribution in [1.29, 1.82) is 0 Å². The molecule has 0 radical (unpaired) electrons. The Morgan fingerprint density at radius 3 is 2.72 bits per heavy atom. The van der Waals surface area contributed by atoms with Crippen LogP contribution < -0.4 is 4.74 Å². The second-order valence-electron chi connectivity index (χ2n) is 7.67. The number of ether oxygens (including phenoxy) is 1. The van der Waals surface area contributed by atoms with Gasteiger partial charge in [-0.25, -0.2) is 5.01 Å². The second-order valence-corrected chi connectivity index (χ2v) is 9.63. The number of hydrazone groups is 1. The Hall–Kier alpha value is -3.03. The lowest BCUT2D eigenvalue weighted by Gasteiger charge is -2.22. The Kier molecular flexibility index (Phi) is 5.76. The normalized spacial score (nSPS) is 15.9. The Labute approximate surface area is 195 Å². The van der Waals surface area contributed by atoms with Gasteiger partial charge in [-0.2, -0.15) is 5.10 Å². The van der Waals surface area contributed by atoms with Crippen molar-refractivity contribution in [3.05, 3.63) is 82.7 Å². The van der Waals surface area contributed by atoms with E-state index in [2.05, 4.69) is 29.0 Å². The quantitative estimate of drug-likeness (QED) is 0.345. The van der Waals surface area contributed by atoms with Gasteiger partial charge in [0.2, 0.25) is 0 Å². The maximum absolute atomic E-state index is 13.4. The predicted octanol–water partition coefficient (Wildman–Crippen LogP) is 5.72. The van der Waals surface area contributed by atoms with Crippen molar-refractivity contribution < 1.29 is 9.53 Å². The molecule has 32 heavy (non-hydrogen) atoms. The van der Waals surface area contributed by atoms with E-state index in [1.807, 2.05) is 54.9 Å². The first-order chi connectivity index (χ1) is 15.6. The van der Waals surface area contributed by atoms with Crippen LogP contribution in [0, 0.1) is 0 Å². The van der Waals surface area contributed by atoms with Crippen molar-refractivity contribution in [3.8, 4) is 5.75 Å². The lowest BCUT2D eigenvalue weighted by molar-refractivity contribution is -0.130. The SMILES string of the molecule is COc1ccc([C@H]2CC(c3cccs3)=NN2C(=O)CSc2cn(C)c3ccccc23)cc1. The summed E-state index contributed by atoms with van der Waals surface area (Å²) in [7, 11) is 3.69. The molecule has 0 fully saturated rings. The van der Waals surface area contributed by atoms with Crippen LogP contribution >= 0.6 is 23.1 Å². The zero-order valence-electron chi connectivity index (χ0n) is 17.9. The first-order valence-electron chi connectivity index (χ1n) is 10.4.